The van der Waals surface area contributed by atoms with Crippen molar-refractivity contribution in [1.29, 1.82) is 0 Å². The molecule has 1 aromatic carbocycles. The van der Waals surface area contributed by atoms with Crippen LogP contribution in [0.4, 0.5) is 0 Å². The zero-order chi connectivity index (χ0) is 13.5. The van der Waals surface area contributed by atoms with Gasteiger partial charge in [0.05, 0.1) is 16.7 Å². The first kappa shape index (κ1) is 18.3. The Kier molecular flexibility index (Phi) is 8.93. The summed E-state index contributed by atoms with van der Waals surface area (Å²) in [6, 6.07) is 3.06. The lowest BCUT2D eigenvalue weighted by molar-refractivity contribution is 0.0933. The predicted molar refractivity (Wildman–Crippen MR) is 80.6 cm³/mol. The number of carbonyl (C=O) groups excluding carboxylic acids is 1. The molecule has 0 fully saturated rings. The van der Waals surface area contributed by atoms with Crippen LogP contribution in [0, 0.1) is 0 Å². The van der Waals surface area contributed by atoms with Crippen LogP contribution in [0.2, 0.25) is 10.0 Å². The Balaban J connectivity index is 0.00000324. The van der Waals surface area contributed by atoms with Gasteiger partial charge in [-0.3, -0.25) is 10.2 Å². The van der Waals surface area contributed by atoms with Crippen LogP contribution in [0.15, 0.2) is 12.1 Å². The fraction of sp³-hybridized carbons (Fsp3) is 0.417. The van der Waals surface area contributed by atoms with Gasteiger partial charge in [-0.05, 0) is 25.5 Å². The first-order valence-electron chi connectivity index (χ1n) is 5.75. The fourth-order valence-corrected chi connectivity index (χ4v) is 1.91. The molecular formula is C12H17Cl3N2O2. The smallest absolute Gasteiger partial charge is 0.265 e. The van der Waals surface area contributed by atoms with Crippen molar-refractivity contribution in [2.45, 2.75) is 20.3 Å². The maximum absolute atomic E-state index is 11.8. The van der Waals surface area contributed by atoms with Gasteiger partial charge in [0.15, 0.2) is 5.75 Å². The SMILES string of the molecule is CCCNNC(=O)c1cc(Cl)c(OCC)c(Cl)c1.Cl. The first-order valence-corrected chi connectivity index (χ1v) is 6.50. The number of carbonyl (C=O) groups is 1. The van der Waals surface area contributed by atoms with Crippen LogP contribution >= 0.6 is 35.6 Å². The Morgan fingerprint density at radius 3 is 2.32 bits per heavy atom. The summed E-state index contributed by atoms with van der Waals surface area (Å²) >= 11 is 12.0. The van der Waals surface area contributed by atoms with Crippen molar-refractivity contribution in [2.24, 2.45) is 0 Å². The molecule has 0 saturated carbocycles. The molecule has 1 aromatic rings. The molecule has 0 radical (unpaired) electrons. The average molecular weight is 328 g/mol. The van der Waals surface area contributed by atoms with E-state index in [4.69, 9.17) is 27.9 Å². The third-order valence-corrected chi connectivity index (χ3v) is 2.69. The van der Waals surface area contributed by atoms with Gasteiger partial charge in [0, 0.05) is 12.1 Å². The van der Waals surface area contributed by atoms with Gasteiger partial charge in [0.1, 0.15) is 0 Å². The molecule has 7 heteroatoms. The molecule has 0 spiro atoms. The van der Waals surface area contributed by atoms with Gasteiger partial charge in [-0.25, -0.2) is 5.43 Å². The Bertz CT molecular complexity index is 404. The minimum Gasteiger partial charge on any atom is -0.491 e. The molecule has 1 rings (SSSR count). The molecule has 0 unspecified atom stereocenters. The van der Waals surface area contributed by atoms with Crippen LogP contribution in [-0.4, -0.2) is 19.1 Å². The van der Waals surface area contributed by atoms with E-state index in [9.17, 15) is 4.79 Å². The number of halogens is 3. The second-order valence-corrected chi connectivity index (χ2v) is 4.40. The summed E-state index contributed by atoms with van der Waals surface area (Å²) in [5.41, 5.74) is 5.74. The number of hydrogen-bond donors (Lipinski definition) is 2. The molecular weight excluding hydrogens is 311 g/mol. The highest BCUT2D eigenvalue weighted by atomic mass is 35.5. The van der Waals surface area contributed by atoms with E-state index in [1.165, 1.54) is 12.1 Å². The van der Waals surface area contributed by atoms with E-state index in [0.29, 0.717) is 34.5 Å². The van der Waals surface area contributed by atoms with E-state index in [1.54, 1.807) is 0 Å². The van der Waals surface area contributed by atoms with E-state index in [0.717, 1.165) is 6.42 Å². The summed E-state index contributed by atoms with van der Waals surface area (Å²) < 4.78 is 5.29. The lowest BCUT2D eigenvalue weighted by Gasteiger charge is -2.11. The maximum Gasteiger partial charge on any atom is 0.265 e. The quantitative estimate of drug-likeness (QED) is 0.621. The van der Waals surface area contributed by atoms with Crippen LogP contribution in [0.5, 0.6) is 5.75 Å². The minimum atomic E-state index is -0.282. The monoisotopic (exact) mass is 326 g/mol. The van der Waals surface area contributed by atoms with Gasteiger partial charge in [-0.1, -0.05) is 30.1 Å². The van der Waals surface area contributed by atoms with Crippen molar-refractivity contribution in [3.63, 3.8) is 0 Å². The Hall–Kier alpha value is -0.680. The topological polar surface area (TPSA) is 50.4 Å². The standard InChI is InChI=1S/C12H16Cl2N2O2.ClH/c1-3-5-15-16-12(17)8-6-9(13)11(18-4-2)10(14)7-8;/h6-7,15H,3-5H2,1-2H3,(H,16,17);1H. The summed E-state index contributed by atoms with van der Waals surface area (Å²) in [5.74, 6) is 0.120. The zero-order valence-corrected chi connectivity index (χ0v) is 13.1. The predicted octanol–water partition coefficient (Wildman–Crippen LogP) is 3.46. The maximum atomic E-state index is 11.8. The van der Waals surface area contributed by atoms with Crippen LogP contribution in [0.1, 0.15) is 30.6 Å². The molecule has 108 valence electrons. The molecule has 0 heterocycles. The number of rotatable bonds is 6. The molecule has 1 amide bonds. The molecule has 0 aliphatic carbocycles. The molecule has 0 bridgehead atoms. The van der Waals surface area contributed by atoms with Crippen LogP contribution in [0.3, 0.4) is 0 Å². The van der Waals surface area contributed by atoms with E-state index >= 15 is 0 Å². The number of hydrogen-bond acceptors (Lipinski definition) is 3. The third kappa shape index (κ3) is 5.45. The van der Waals surface area contributed by atoms with Crippen molar-refractivity contribution in [3.05, 3.63) is 27.7 Å². The van der Waals surface area contributed by atoms with Gasteiger partial charge < -0.3 is 4.74 Å². The number of ether oxygens (including phenoxy) is 1. The Morgan fingerprint density at radius 2 is 1.84 bits per heavy atom. The normalized spacial score (nSPS) is 9.68. The summed E-state index contributed by atoms with van der Waals surface area (Å²) in [6.45, 7) is 5.00. The minimum absolute atomic E-state index is 0. The number of nitrogens with one attached hydrogen (secondary N) is 2. The van der Waals surface area contributed by atoms with Crippen molar-refractivity contribution in [1.82, 2.24) is 10.9 Å². The van der Waals surface area contributed by atoms with Crippen molar-refractivity contribution in [2.75, 3.05) is 13.2 Å². The molecule has 2 N–H and O–H groups in total. The molecule has 0 aromatic heterocycles. The van der Waals surface area contributed by atoms with Crippen molar-refractivity contribution in [3.8, 4) is 5.75 Å². The van der Waals surface area contributed by atoms with Crippen LogP contribution in [0.25, 0.3) is 0 Å². The summed E-state index contributed by atoms with van der Waals surface area (Å²) in [7, 11) is 0. The number of benzene rings is 1. The van der Waals surface area contributed by atoms with E-state index in [-0.39, 0.29) is 18.3 Å². The molecule has 0 saturated heterocycles. The average Bonchev–Trinajstić information content (AvgIpc) is 2.33. The van der Waals surface area contributed by atoms with E-state index in [2.05, 4.69) is 10.9 Å². The van der Waals surface area contributed by atoms with Gasteiger partial charge in [-0.15, -0.1) is 12.4 Å². The van der Waals surface area contributed by atoms with Crippen LogP contribution in [-0.2, 0) is 0 Å². The lowest BCUT2D eigenvalue weighted by Crippen LogP contribution is -2.37. The van der Waals surface area contributed by atoms with E-state index < -0.39 is 0 Å². The highest BCUT2D eigenvalue weighted by Crippen LogP contribution is 2.34. The summed E-state index contributed by atoms with van der Waals surface area (Å²) in [5, 5.41) is 0.648. The first-order chi connectivity index (χ1) is 8.60. The molecule has 0 aliphatic rings. The van der Waals surface area contributed by atoms with Crippen molar-refractivity contribution < 1.29 is 9.53 Å². The van der Waals surface area contributed by atoms with Gasteiger partial charge in [-0.2, -0.15) is 0 Å². The molecule has 0 aliphatic heterocycles. The van der Waals surface area contributed by atoms with Gasteiger partial charge in [0.2, 0.25) is 0 Å². The van der Waals surface area contributed by atoms with Gasteiger partial charge >= 0.3 is 0 Å². The fourth-order valence-electron chi connectivity index (χ4n) is 1.31. The number of amides is 1. The van der Waals surface area contributed by atoms with Crippen molar-refractivity contribution >= 4 is 41.5 Å². The highest BCUT2D eigenvalue weighted by Gasteiger charge is 2.13. The van der Waals surface area contributed by atoms with E-state index in [1.807, 2.05) is 13.8 Å². The second-order valence-electron chi connectivity index (χ2n) is 3.58. The Morgan fingerprint density at radius 1 is 1.26 bits per heavy atom. The van der Waals surface area contributed by atoms with Crippen LogP contribution < -0.4 is 15.6 Å². The summed E-state index contributed by atoms with van der Waals surface area (Å²) in [4.78, 5) is 11.8. The lowest BCUT2D eigenvalue weighted by atomic mass is 10.2. The Labute approximate surface area is 129 Å². The third-order valence-electron chi connectivity index (χ3n) is 2.13. The summed E-state index contributed by atoms with van der Waals surface area (Å²) in [6.07, 6.45) is 0.922. The van der Waals surface area contributed by atoms with Gasteiger partial charge in [0.25, 0.3) is 5.91 Å². The molecule has 0 atom stereocenters. The highest BCUT2D eigenvalue weighted by molar-refractivity contribution is 6.37. The number of hydrazine groups is 1. The zero-order valence-electron chi connectivity index (χ0n) is 10.8. The largest absolute Gasteiger partial charge is 0.491 e. The molecule has 19 heavy (non-hydrogen) atoms. The molecule has 4 nitrogen and oxygen atoms in total. The second kappa shape index (κ2) is 9.26.